The summed E-state index contributed by atoms with van der Waals surface area (Å²) in [6.07, 6.45) is 5.15. The van der Waals surface area contributed by atoms with Gasteiger partial charge in [-0.1, -0.05) is 0 Å². The summed E-state index contributed by atoms with van der Waals surface area (Å²) < 4.78 is 37.3. The highest BCUT2D eigenvalue weighted by Gasteiger charge is 2.27. The first kappa shape index (κ1) is 15.9. The SMILES string of the molecule is COc1c(F)ccc(-c2nn3c(c2-c2ccc4ncnn4c2)CCC3)c1F. The zero-order chi connectivity index (χ0) is 18.5. The fraction of sp³-hybridized carbons (Fsp3) is 0.211. The monoisotopic (exact) mass is 367 g/mol. The number of pyridine rings is 1. The van der Waals surface area contributed by atoms with Gasteiger partial charge in [0.05, 0.1) is 7.11 Å². The Hall–Kier alpha value is -3.29. The lowest BCUT2D eigenvalue weighted by atomic mass is 9.98. The number of rotatable bonds is 3. The molecule has 0 saturated carbocycles. The number of ether oxygens (including phenoxy) is 1. The van der Waals surface area contributed by atoms with E-state index in [1.54, 1.807) is 4.52 Å². The highest BCUT2D eigenvalue weighted by atomic mass is 19.1. The first-order valence-corrected chi connectivity index (χ1v) is 8.59. The van der Waals surface area contributed by atoms with Gasteiger partial charge in [0.25, 0.3) is 0 Å². The average molecular weight is 367 g/mol. The zero-order valence-corrected chi connectivity index (χ0v) is 14.5. The molecule has 0 fully saturated rings. The summed E-state index contributed by atoms with van der Waals surface area (Å²) in [6.45, 7) is 0.772. The van der Waals surface area contributed by atoms with Gasteiger partial charge < -0.3 is 4.74 Å². The minimum absolute atomic E-state index is 0.212. The molecule has 4 heterocycles. The van der Waals surface area contributed by atoms with Crippen molar-refractivity contribution in [2.75, 3.05) is 7.11 Å². The molecule has 3 aromatic heterocycles. The van der Waals surface area contributed by atoms with Crippen LogP contribution >= 0.6 is 0 Å². The lowest BCUT2D eigenvalue weighted by Crippen LogP contribution is -1.98. The smallest absolute Gasteiger partial charge is 0.191 e. The molecule has 6 nitrogen and oxygen atoms in total. The molecule has 4 aromatic rings. The van der Waals surface area contributed by atoms with Crippen LogP contribution in [0.4, 0.5) is 8.78 Å². The normalized spacial score (nSPS) is 13.3. The van der Waals surface area contributed by atoms with Gasteiger partial charge in [-0.05, 0) is 37.1 Å². The molecule has 8 heteroatoms. The van der Waals surface area contributed by atoms with Crippen molar-refractivity contribution in [3.8, 4) is 28.1 Å². The highest BCUT2D eigenvalue weighted by molar-refractivity contribution is 5.84. The molecule has 136 valence electrons. The molecule has 0 saturated heterocycles. The van der Waals surface area contributed by atoms with Gasteiger partial charge in [-0.3, -0.25) is 4.68 Å². The predicted octanol–water partition coefficient (Wildman–Crippen LogP) is 3.49. The van der Waals surface area contributed by atoms with Crippen LogP contribution in [0.25, 0.3) is 28.0 Å². The largest absolute Gasteiger partial charge is 0.491 e. The first-order chi connectivity index (χ1) is 13.2. The van der Waals surface area contributed by atoms with Crippen LogP contribution in [0.1, 0.15) is 12.1 Å². The van der Waals surface area contributed by atoms with Crippen LogP contribution in [0.5, 0.6) is 5.75 Å². The van der Waals surface area contributed by atoms with E-state index in [2.05, 4.69) is 15.2 Å². The summed E-state index contributed by atoms with van der Waals surface area (Å²) in [5.41, 5.74) is 4.13. The molecule has 0 atom stereocenters. The Morgan fingerprint density at radius 2 is 2.04 bits per heavy atom. The quantitative estimate of drug-likeness (QED) is 0.556. The third-order valence-electron chi connectivity index (χ3n) is 4.91. The number of halogens is 2. The topological polar surface area (TPSA) is 57.2 Å². The van der Waals surface area contributed by atoms with E-state index in [0.29, 0.717) is 5.69 Å². The summed E-state index contributed by atoms with van der Waals surface area (Å²) in [4.78, 5) is 4.15. The summed E-state index contributed by atoms with van der Waals surface area (Å²) in [5.74, 6) is -1.90. The van der Waals surface area contributed by atoms with Crippen molar-refractivity contribution in [1.29, 1.82) is 0 Å². The van der Waals surface area contributed by atoms with Gasteiger partial charge in [0.15, 0.2) is 23.0 Å². The zero-order valence-electron chi connectivity index (χ0n) is 14.5. The maximum Gasteiger partial charge on any atom is 0.191 e. The van der Waals surface area contributed by atoms with Crippen LogP contribution in [-0.4, -0.2) is 31.5 Å². The van der Waals surface area contributed by atoms with Crippen molar-refractivity contribution >= 4 is 5.65 Å². The third kappa shape index (κ3) is 2.33. The van der Waals surface area contributed by atoms with E-state index < -0.39 is 17.4 Å². The molecule has 0 N–H and O–H groups in total. The molecule has 27 heavy (non-hydrogen) atoms. The minimum atomic E-state index is -0.752. The lowest BCUT2D eigenvalue weighted by Gasteiger charge is -2.10. The number of nitrogens with zero attached hydrogens (tertiary/aromatic N) is 5. The number of aryl methyl sites for hydroxylation is 1. The molecular weight excluding hydrogens is 352 g/mol. The number of hydrogen-bond donors (Lipinski definition) is 0. The Labute approximate surface area is 153 Å². The van der Waals surface area contributed by atoms with Crippen molar-refractivity contribution in [2.24, 2.45) is 0 Å². The number of hydrogen-bond acceptors (Lipinski definition) is 4. The Bertz CT molecular complexity index is 1180. The molecule has 0 radical (unpaired) electrons. The van der Waals surface area contributed by atoms with E-state index in [1.807, 2.05) is 23.0 Å². The van der Waals surface area contributed by atoms with Gasteiger partial charge in [-0.2, -0.15) is 10.2 Å². The van der Waals surface area contributed by atoms with E-state index in [0.717, 1.165) is 41.9 Å². The van der Waals surface area contributed by atoms with Gasteiger partial charge in [0.2, 0.25) is 0 Å². The molecule has 5 rings (SSSR count). The Balaban J connectivity index is 1.77. The van der Waals surface area contributed by atoms with Gasteiger partial charge in [0.1, 0.15) is 12.0 Å². The van der Waals surface area contributed by atoms with Crippen LogP contribution in [-0.2, 0) is 13.0 Å². The fourth-order valence-electron chi connectivity index (χ4n) is 3.69. The van der Waals surface area contributed by atoms with Crippen molar-refractivity contribution in [3.05, 3.63) is 54.1 Å². The van der Waals surface area contributed by atoms with Gasteiger partial charge in [-0.15, -0.1) is 0 Å². The van der Waals surface area contributed by atoms with Crippen molar-refractivity contribution in [3.63, 3.8) is 0 Å². The Morgan fingerprint density at radius 1 is 1.15 bits per heavy atom. The summed E-state index contributed by atoms with van der Waals surface area (Å²) in [5, 5.41) is 8.80. The lowest BCUT2D eigenvalue weighted by molar-refractivity contribution is 0.360. The molecular formula is C19H15F2N5O. The third-order valence-corrected chi connectivity index (χ3v) is 4.91. The molecule has 0 unspecified atom stereocenters. The van der Waals surface area contributed by atoms with Crippen LogP contribution < -0.4 is 4.74 Å². The summed E-state index contributed by atoms with van der Waals surface area (Å²) >= 11 is 0. The molecule has 1 aliphatic rings. The van der Waals surface area contributed by atoms with Crippen LogP contribution in [0.3, 0.4) is 0 Å². The second kappa shape index (κ2) is 5.87. The van der Waals surface area contributed by atoms with Crippen molar-refractivity contribution < 1.29 is 13.5 Å². The maximum absolute atomic E-state index is 14.9. The van der Waals surface area contributed by atoms with E-state index in [-0.39, 0.29) is 5.56 Å². The molecule has 0 spiro atoms. The number of aromatic nitrogens is 5. The highest BCUT2D eigenvalue weighted by Crippen LogP contribution is 2.40. The first-order valence-electron chi connectivity index (χ1n) is 8.59. The molecule has 0 amide bonds. The second-order valence-electron chi connectivity index (χ2n) is 6.42. The van der Waals surface area contributed by atoms with E-state index in [4.69, 9.17) is 4.74 Å². The number of methoxy groups -OCH3 is 1. The fourth-order valence-corrected chi connectivity index (χ4v) is 3.69. The maximum atomic E-state index is 14.9. The van der Waals surface area contributed by atoms with Gasteiger partial charge in [0, 0.05) is 35.1 Å². The van der Waals surface area contributed by atoms with E-state index >= 15 is 0 Å². The number of fused-ring (bicyclic) bond motifs is 2. The molecule has 0 aliphatic carbocycles. The standard InChI is InChI=1S/C19H15F2N5O/c1-27-19-13(20)6-5-12(17(19)21)18-16(14-3-2-8-25(14)24-18)11-4-7-15-22-10-23-26(15)9-11/h4-7,9-10H,2-3,8H2,1H3. The Morgan fingerprint density at radius 3 is 2.89 bits per heavy atom. The molecule has 0 bridgehead atoms. The summed E-state index contributed by atoms with van der Waals surface area (Å²) in [7, 11) is 1.25. The van der Waals surface area contributed by atoms with Crippen molar-refractivity contribution in [2.45, 2.75) is 19.4 Å². The van der Waals surface area contributed by atoms with Gasteiger partial charge in [-0.25, -0.2) is 18.3 Å². The van der Waals surface area contributed by atoms with Crippen molar-refractivity contribution in [1.82, 2.24) is 24.4 Å². The van der Waals surface area contributed by atoms with Crippen LogP contribution in [0, 0.1) is 11.6 Å². The average Bonchev–Trinajstić information content (AvgIpc) is 3.36. The second-order valence-corrected chi connectivity index (χ2v) is 6.42. The minimum Gasteiger partial charge on any atom is -0.491 e. The molecule has 1 aliphatic heterocycles. The molecule has 1 aromatic carbocycles. The predicted molar refractivity (Wildman–Crippen MR) is 94.4 cm³/mol. The summed E-state index contributed by atoms with van der Waals surface area (Å²) in [6, 6.07) is 6.38. The van der Waals surface area contributed by atoms with Crippen LogP contribution in [0.2, 0.25) is 0 Å². The van der Waals surface area contributed by atoms with Gasteiger partial charge >= 0.3 is 0 Å². The van der Waals surface area contributed by atoms with E-state index in [1.165, 1.54) is 25.6 Å². The Kier molecular flexibility index (Phi) is 3.46. The van der Waals surface area contributed by atoms with Crippen LogP contribution in [0.15, 0.2) is 36.8 Å². The number of benzene rings is 1. The van der Waals surface area contributed by atoms with E-state index in [9.17, 15) is 8.78 Å².